The third kappa shape index (κ3) is 15.5. The second kappa shape index (κ2) is 22.9. The van der Waals surface area contributed by atoms with Crippen LogP contribution >= 0.6 is 0 Å². The molecular weight excluding hydrogens is 544 g/mol. The van der Waals surface area contributed by atoms with Gasteiger partial charge in [-0.15, -0.1) is 0 Å². The van der Waals surface area contributed by atoms with E-state index in [2.05, 4.69) is 26.0 Å². The maximum Gasteiger partial charge on any atom is 0.0503 e. The quantitative estimate of drug-likeness (QED) is 0.0862. The Kier molecular flexibility index (Phi) is 19.0. The molecule has 2 saturated carbocycles. The van der Waals surface area contributed by atoms with Gasteiger partial charge in [-0.1, -0.05) is 178 Å². The molecule has 2 fully saturated rings. The van der Waals surface area contributed by atoms with Gasteiger partial charge < -0.3 is 4.74 Å². The fourth-order valence-corrected chi connectivity index (χ4v) is 9.75. The smallest absolute Gasteiger partial charge is 0.0503 e. The van der Waals surface area contributed by atoms with Crippen LogP contribution in [0.1, 0.15) is 206 Å². The van der Waals surface area contributed by atoms with Gasteiger partial charge in [0.1, 0.15) is 0 Å². The van der Waals surface area contributed by atoms with Crippen LogP contribution in [0, 0.1) is 35.5 Å². The molecule has 1 heteroatoms. The highest BCUT2D eigenvalue weighted by Gasteiger charge is 2.23. The zero-order valence-electron chi connectivity index (χ0n) is 30.7. The summed E-state index contributed by atoms with van der Waals surface area (Å²) in [6.45, 7) is 6.54. The predicted octanol–water partition coefficient (Wildman–Crippen LogP) is 14.4. The number of ether oxygens (including phenoxy) is 1. The van der Waals surface area contributed by atoms with Gasteiger partial charge in [0.2, 0.25) is 0 Å². The van der Waals surface area contributed by atoms with E-state index < -0.39 is 0 Å². The summed E-state index contributed by atoms with van der Waals surface area (Å²) in [5, 5.41) is 0. The molecule has 4 aliphatic carbocycles. The average molecular weight is 623 g/mol. The molecule has 0 aromatic heterocycles. The maximum absolute atomic E-state index is 6.14. The summed E-state index contributed by atoms with van der Waals surface area (Å²) >= 11 is 0. The molecule has 2 atom stereocenters. The second-order valence-corrected chi connectivity index (χ2v) is 16.7. The fraction of sp³-hybridized carbons (Fsp3) is 0.909. The van der Waals surface area contributed by atoms with Crippen LogP contribution < -0.4 is 0 Å². The van der Waals surface area contributed by atoms with Gasteiger partial charge >= 0.3 is 0 Å². The second-order valence-electron chi connectivity index (χ2n) is 16.7. The molecule has 0 radical (unpaired) electrons. The van der Waals surface area contributed by atoms with E-state index in [-0.39, 0.29) is 0 Å². The Morgan fingerprint density at radius 1 is 0.444 bits per heavy atom. The standard InChI is InChI=1S/C44H78O/c1-3-5-7-11-37-17-21-39(22-18-37)13-9-15-41-25-29-43(30-26-41)33-35-45-36-34-44-31-27-42(28-32-44)16-10-14-40-23-19-38(20-24-40)12-8-6-4-2/h29,31,37-42H,3-28,30,32-36H2,1-2H3. The van der Waals surface area contributed by atoms with Gasteiger partial charge in [-0.3, -0.25) is 0 Å². The van der Waals surface area contributed by atoms with E-state index in [9.17, 15) is 0 Å². The number of hydrogen-bond acceptors (Lipinski definition) is 1. The Morgan fingerprint density at radius 2 is 0.800 bits per heavy atom. The Hall–Kier alpha value is -0.560. The summed E-state index contributed by atoms with van der Waals surface area (Å²) in [6.07, 6.45) is 48.6. The van der Waals surface area contributed by atoms with Crippen LogP contribution in [0.2, 0.25) is 0 Å². The molecule has 0 bridgehead atoms. The summed E-state index contributed by atoms with van der Waals surface area (Å²) in [7, 11) is 0. The Bertz CT molecular complexity index is 726. The molecule has 0 heterocycles. The van der Waals surface area contributed by atoms with E-state index in [1.165, 1.54) is 193 Å². The van der Waals surface area contributed by atoms with Gasteiger partial charge in [0.25, 0.3) is 0 Å². The molecule has 260 valence electrons. The highest BCUT2D eigenvalue weighted by Crippen LogP contribution is 2.37. The summed E-state index contributed by atoms with van der Waals surface area (Å²) < 4.78 is 6.14. The van der Waals surface area contributed by atoms with Crippen molar-refractivity contribution in [3.8, 4) is 0 Å². The third-order valence-electron chi connectivity index (χ3n) is 13.2. The van der Waals surface area contributed by atoms with E-state index in [0.29, 0.717) is 0 Å². The van der Waals surface area contributed by atoms with Crippen LogP contribution in [0.4, 0.5) is 0 Å². The summed E-state index contributed by atoms with van der Waals surface area (Å²) in [5.41, 5.74) is 3.37. The van der Waals surface area contributed by atoms with Gasteiger partial charge in [0.05, 0.1) is 13.2 Å². The largest absolute Gasteiger partial charge is 0.381 e. The van der Waals surface area contributed by atoms with Gasteiger partial charge in [0, 0.05) is 0 Å². The van der Waals surface area contributed by atoms with Crippen LogP contribution in [0.25, 0.3) is 0 Å². The molecule has 0 saturated heterocycles. The molecule has 0 aliphatic heterocycles. The van der Waals surface area contributed by atoms with Crippen LogP contribution in [0.5, 0.6) is 0 Å². The SMILES string of the molecule is CCCCCC1CCC(CCCC2CC=C(CCOCCC3=CCC(CCCC4CCC(CCCCC)CC4)CC3)CC2)CC1. The molecule has 0 N–H and O–H groups in total. The van der Waals surface area contributed by atoms with E-state index >= 15 is 0 Å². The van der Waals surface area contributed by atoms with E-state index in [4.69, 9.17) is 4.74 Å². The maximum atomic E-state index is 6.14. The van der Waals surface area contributed by atoms with Crippen molar-refractivity contribution in [1.82, 2.24) is 0 Å². The van der Waals surface area contributed by atoms with Crippen LogP contribution in [-0.2, 0) is 4.74 Å². The van der Waals surface area contributed by atoms with Gasteiger partial charge in [-0.05, 0) is 86.9 Å². The fourth-order valence-electron chi connectivity index (χ4n) is 9.75. The summed E-state index contributed by atoms with van der Waals surface area (Å²) in [5.74, 6) is 6.15. The molecule has 0 aromatic rings. The molecule has 1 nitrogen and oxygen atoms in total. The van der Waals surface area contributed by atoms with Crippen LogP contribution in [0.15, 0.2) is 23.3 Å². The van der Waals surface area contributed by atoms with E-state index in [1.54, 1.807) is 11.1 Å². The number of unbranched alkanes of at least 4 members (excludes halogenated alkanes) is 4. The first-order valence-electron chi connectivity index (χ1n) is 21.1. The van der Waals surface area contributed by atoms with Crippen LogP contribution in [0.3, 0.4) is 0 Å². The lowest BCUT2D eigenvalue weighted by Crippen LogP contribution is -2.15. The van der Waals surface area contributed by atoms with Crippen molar-refractivity contribution >= 4 is 0 Å². The number of allylic oxidation sites excluding steroid dienone is 2. The van der Waals surface area contributed by atoms with Crippen LogP contribution in [-0.4, -0.2) is 13.2 Å². The molecule has 2 unspecified atom stereocenters. The van der Waals surface area contributed by atoms with E-state index in [1.807, 2.05) is 0 Å². The van der Waals surface area contributed by atoms with E-state index in [0.717, 1.165) is 48.7 Å². The zero-order chi connectivity index (χ0) is 31.4. The highest BCUT2D eigenvalue weighted by molar-refractivity contribution is 5.07. The number of rotatable bonds is 22. The zero-order valence-corrected chi connectivity index (χ0v) is 30.7. The average Bonchev–Trinajstić information content (AvgIpc) is 3.08. The minimum Gasteiger partial charge on any atom is -0.381 e. The first kappa shape index (κ1) is 37.3. The molecule has 0 amide bonds. The first-order chi connectivity index (χ1) is 22.2. The summed E-state index contributed by atoms with van der Waals surface area (Å²) in [6, 6.07) is 0. The summed E-state index contributed by atoms with van der Waals surface area (Å²) in [4.78, 5) is 0. The van der Waals surface area contributed by atoms with Gasteiger partial charge in [-0.25, -0.2) is 0 Å². The molecule has 0 aromatic carbocycles. The lowest BCUT2D eigenvalue weighted by molar-refractivity contribution is 0.138. The molecule has 4 aliphatic rings. The molecule has 4 rings (SSSR count). The Labute approximate surface area is 282 Å². The van der Waals surface area contributed by atoms with Gasteiger partial charge in [0.15, 0.2) is 0 Å². The molecule has 0 spiro atoms. The lowest BCUT2D eigenvalue weighted by atomic mass is 9.77. The topological polar surface area (TPSA) is 9.23 Å². The van der Waals surface area contributed by atoms with Crippen molar-refractivity contribution in [3.63, 3.8) is 0 Å². The predicted molar refractivity (Wildman–Crippen MR) is 198 cm³/mol. The van der Waals surface area contributed by atoms with Crippen molar-refractivity contribution in [1.29, 1.82) is 0 Å². The van der Waals surface area contributed by atoms with Crippen molar-refractivity contribution < 1.29 is 4.74 Å². The minimum absolute atomic E-state index is 0.939. The van der Waals surface area contributed by atoms with Crippen molar-refractivity contribution in [2.75, 3.05) is 13.2 Å². The Morgan fingerprint density at radius 3 is 1.13 bits per heavy atom. The van der Waals surface area contributed by atoms with Gasteiger partial charge in [-0.2, -0.15) is 0 Å². The van der Waals surface area contributed by atoms with Crippen molar-refractivity contribution in [3.05, 3.63) is 23.3 Å². The highest BCUT2D eigenvalue weighted by atomic mass is 16.5. The van der Waals surface area contributed by atoms with Crippen molar-refractivity contribution in [2.45, 2.75) is 206 Å². The number of hydrogen-bond donors (Lipinski definition) is 0. The first-order valence-corrected chi connectivity index (χ1v) is 21.1. The Balaban J connectivity index is 0.941. The monoisotopic (exact) mass is 623 g/mol. The third-order valence-corrected chi connectivity index (χ3v) is 13.2. The van der Waals surface area contributed by atoms with Crippen molar-refractivity contribution in [2.24, 2.45) is 35.5 Å². The molecular formula is C44H78O. The minimum atomic E-state index is 0.939. The molecule has 45 heavy (non-hydrogen) atoms. The lowest BCUT2D eigenvalue weighted by Gasteiger charge is -2.29. The normalized spacial score (nSPS) is 29.4.